The highest BCUT2D eigenvalue weighted by Crippen LogP contribution is 2.17. The molecule has 0 radical (unpaired) electrons. The molecular weight excluding hydrogens is 276 g/mol. The number of carbonyl (C=O) groups excluding carboxylic acids is 1. The van der Waals surface area contributed by atoms with Crippen molar-refractivity contribution in [2.45, 2.75) is 38.8 Å². The molecule has 22 heavy (non-hydrogen) atoms. The fraction of sp³-hybridized carbons (Fsp3) is 0.412. The molecule has 0 spiro atoms. The number of carbonyl (C=O) groups is 1. The van der Waals surface area contributed by atoms with Gasteiger partial charge in [0.1, 0.15) is 0 Å². The van der Waals surface area contributed by atoms with Crippen LogP contribution in [0.2, 0.25) is 0 Å². The Morgan fingerprint density at radius 2 is 2.05 bits per heavy atom. The minimum absolute atomic E-state index is 0.0562. The van der Waals surface area contributed by atoms with E-state index in [0.29, 0.717) is 19.0 Å². The SMILES string of the molecule is C[C@H](Cn1ccnc1)NC(=O)NCC[C@H](C)c1ccccc1. The summed E-state index contributed by atoms with van der Waals surface area (Å²) in [6, 6.07) is 10.3. The van der Waals surface area contributed by atoms with Gasteiger partial charge in [0.05, 0.1) is 6.33 Å². The number of urea groups is 1. The Hall–Kier alpha value is -2.30. The maximum atomic E-state index is 11.9. The molecule has 2 N–H and O–H groups in total. The molecule has 5 nitrogen and oxygen atoms in total. The number of rotatable bonds is 7. The zero-order valence-corrected chi connectivity index (χ0v) is 13.2. The van der Waals surface area contributed by atoms with Gasteiger partial charge in [0.25, 0.3) is 0 Å². The normalized spacial score (nSPS) is 13.4. The lowest BCUT2D eigenvalue weighted by atomic mass is 9.98. The van der Waals surface area contributed by atoms with Gasteiger partial charge in [0.15, 0.2) is 0 Å². The van der Waals surface area contributed by atoms with E-state index < -0.39 is 0 Å². The average molecular weight is 300 g/mol. The molecule has 0 saturated heterocycles. The van der Waals surface area contributed by atoms with E-state index in [1.54, 1.807) is 12.5 Å². The van der Waals surface area contributed by atoms with Gasteiger partial charge >= 0.3 is 6.03 Å². The first-order valence-electron chi connectivity index (χ1n) is 7.70. The summed E-state index contributed by atoms with van der Waals surface area (Å²) in [4.78, 5) is 15.8. The van der Waals surface area contributed by atoms with Crippen LogP contribution in [0, 0.1) is 0 Å². The van der Waals surface area contributed by atoms with Crippen LogP contribution in [0.1, 0.15) is 31.7 Å². The topological polar surface area (TPSA) is 59.0 Å². The van der Waals surface area contributed by atoms with Crippen molar-refractivity contribution >= 4 is 6.03 Å². The van der Waals surface area contributed by atoms with E-state index in [2.05, 4.69) is 34.7 Å². The van der Waals surface area contributed by atoms with Crippen molar-refractivity contribution in [3.8, 4) is 0 Å². The Morgan fingerprint density at radius 3 is 2.73 bits per heavy atom. The van der Waals surface area contributed by atoms with Crippen molar-refractivity contribution in [3.63, 3.8) is 0 Å². The van der Waals surface area contributed by atoms with Crippen LogP contribution in [-0.4, -0.2) is 28.2 Å². The summed E-state index contributed by atoms with van der Waals surface area (Å²) in [5.74, 6) is 0.435. The highest BCUT2D eigenvalue weighted by molar-refractivity contribution is 5.74. The second kappa shape index (κ2) is 8.22. The van der Waals surface area contributed by atoms with E-state index >= 15 is 0 Å². The number of amides is 2. The lowest BCUT2D eigenvalue weighted by Gasteiger charge is -2.16. The van der Waals surface area contributed by atoms with Gasteiger partial charge in [0.2, 0.25) is 0 Å². The third-order valence-corrected chi connectivity index (χ3v) is 3.65. The summed E-state index contributed by atoms with van der Waals surface area (Å²) in [6.45, 7) is 5.54. The van der Waals surface area contributed by atoms with Crippen LogP contribution < -0.4 is 10.6 Å². The summed E-state index contributed by atoms with van der Waals surface area (Å²) in [7, 11) is 0. The van der Waals surface area contributed by atoms with Crippen molar-refractivity contribution in [2.24, 2.45) is 0 Å². The highest BCUT2D eigenvalue weighted by Gasteiger charge is 2.09. The van der Waals surface area contributed by atoms with E-state index in [-0.39, 0.29) is 12.1 Å². The first-order chi connectivity index (χ1) is 10.6. The molecule has 2 atom stereocenters. The highest BCUT2D eigenvalue weighted by atomic mass is 16.2. The number of hydrogen-bond acceptors (Lipinski definition) is 2. The standard InChI is InChI=1S/C17H24N4O/c1-14(16-6-4-3-5-7-16)8-9-19-17(22)20-15(2)12-21-11-10-18-13-21/h3-7,10-11,13-15H,8-9,12H2,1-2H3,(H2,19,20,22)/t14-,15+/m0/s1. The second-order valence-corrected chi connectivity index (χ2v) is 5.66. The Labute approximate surface area is 131 Å². The molecule has 0 bridgehead atoms. The Morgan fingerprint density at radius 1 is 1.27 bits per heavy atom. The molecule has 2 rings (SSSR count). The molecular formula is C17H24N4O. The summed E-state index contributed by atoms with van der Waals surface area (Å²) in [5, 5.41) is 5.85. The monoisotopic (exact) mass is 300 g/mol. The quantitative estimate of drug-likeness (QED) is 0.826. The van der Waals surface area contributed by atoms with Crippen molar-refractivity contribution in [3.05, 3.63) is 54.6 Å². The molecule has 0 aliphatic carbocycles. The minimum atomic E-state index is -0.118. The van der Waals surface area contributed by atoms with Gasteiger partial charge in [0, 0.05) is 31.5 Å². The van der Waals surface area contributed by atoms with Gasteiger partial charge in [-0.25, -0.2) is 9.78 Å². The smallest absolute Gasteiger partial charge is 0.315 e. The molecule has 0 aliphatic heterocycles. The molecule has 2 amide bonds. The molecule has 1 heterocycles. The Balaban J connectivity index is 1.65. The Kier molecular flexibility index (Phi) is 6.01. The molecule has 1 aromatic carbocycles. The molecule has 0 unspecified atom stereocenters. The predicted octanol–water partition coefficient (Wildman–Crippen LogP) is 2.76. The number of hydrogen-bond donors (Lipinski definition) is 2. The van der Waals surface area contributed by atoms with Crippen molar-refractivity contribution in [1.82, 2.24) is 20.2 Å². The lowest BCUT2D eigenvalue weighted by Crippen LogP contribution is -2.42. The van der Waals surface area contributed by atoms with Gasteiger partial charge in [-0.05, 0) is 24.8 Å². The van der Waals surface area contributed by atoms with E-state index in [9.17, 15) is 4.79 Å². The molecule has 118 valence electrons. The minimum Gasteiger partial charge on any atom is -0.338 e. The van der Waals surface area contributed by atoms with Crippen LogP contribution in [-0.2, 0) is 6.54 Å². The van der Waals surface area contributed by atoms with Crippen LogP contribution in [0.25, 0.3) is 0 Å². The molecule has 2 aromatic rings. The number of nitrogens with zero attached hydrogens (tertiary/aromatic N) is 2. The average Bonchev–Trinajstić information content (AvgIpc) is 3.00. The third kappa shape index (κ3) is 5.24. The largest absolute Gasteiger partial charge is 0.338 e. The summed E-state index contributed by atoms with van der Waals surface area (Å²) in [5.41, 5.74) is 1.30. The van der Waals surface area contributed by atoms with E-state index in [4.69, 9.17) is 0 Å². The molecule has 1 aromatic heterocycles. The van der Waals surface area contributed by atoms with Gasteiger partial charge < -0.3 is 15.2 Å². The molecule has 0 fully saturated rings. The van der Waals surface area contributed by atoms with Crippen LogP contribution in [0.4, 0.5) is 4.79 Å². The summed E-state index contributed by atoms with van der Waals surface area (Å²) in [6.07, 6.45) is 6.29. The zero-order chi connectivity index (χ0) is 15.8. The zero-order valence-electron chi connectivity index (χ0n) is 13.2. The van der Waals surface area contributed by atoms with Crippen molar-refractivity contribution in [2.75, 3.05) is 6.54 Å². The summed E-state index contributed by atoms with van der Waals surface area (Å²) < 4.78 is 1.95. The number of aromatic nitrogens is 2. The number of imidazole rings is 1. The predicted molar refractivity (Wildman–Crippen MR) is 87.7 cm³/mol. The van der Waals surface area contributed by atoms with E-state index in [1.165, 1.54) is 5.56 Å². The van der Waals surface area contributed by atoms with Crippen molar-refractivity contribution in [1.29, 1.82) is 0 Å². The molecule has 5 heteroatoms. The third-order valence-electron chi connectivity index (χ3n) is 3.65. The fourth-order valence-corrected chi connectivity index (χ4v) is 2.38. The fourth-order valence-electron chi connectivity index (χ4n) is 2.38. The molecule has 0 aliphatic rings. The maximum absolute atomic E-state index is 11.9. The lowest BCUT2D eigenvalue weighted by molar-refractivity contribution is 0.236. The van der Waals surface area contributed by atoms with Crippen LogP contribution in [0.5, 0.6) is 0 Å². The number of nitrogens with one attached hydrogen (secondary N) is 2. The van der Waals surface area contributed by atoms with Gasteiger partial charge in [-0.15, -0.1) is 0 Å². The van der Waals surface area contributed by atoms with E-state index in [1.807, 2.05) is 35.9 Å². The van der Waals surface area contributed by atoms with E-state index in [0.717, 1.165) is 6.42 Å². The summed E-state index contributed by atoms with van der Waals surface area (Å²) >= 11 is 0. The number of benzene rings is 1. The van der Waals surface area contributed by atoms with Crippen molar-refractivity contribution < 1.29 is 4.79 Å². The first kappa shape index (κ1) is 16.1. The molecule has 0 saturated carbocycles. The van der Waals surface area contributed by atoms with Gasteiger partial charge in [-0.2, -0.15) is 0 Å². The van der Waals surface area contributed by atoms with Crippen LogP contribution in [0.15, 0.2) is 49.1 Å². The van der Waals surface area contributed by atoms with Gasteiger partial charge in [-0.1, -0.05) is 37.3 Å². The Bertz CT molecular complexity index is 553. The second-order valence-electron chi connectivity index (χ2n) is 5.66. The van der Waals surface area contributed by atoms with Crippen LogP contribution >= 0.6 is 0 Å². The van der Waals surface area contributed by atoms with Gasteiger partial charge in [-0.3, -0.25) is 0 Å². The van der Waals surface area contributed by atoms with Crippen LogP contribution in [0.3, 0.4) is 0 Å². The first-order valence-corrected chi connectivity index (χ1v) is 7.70. The maximum Gasteiger partial charge on any atom is 0.315 e.